The maximum atomic E-state index is 14.0. The fourth-order valence-electron chi connectivity index (χ4n) is 5.32. The predicted molar refractivity (Wildman–Crippen MR) is 149 cm³/mol. The lowest BCUT2D eigenvalue weighted by molar-refractivity contribution is -0.141. The number of hydrogen-bond acceptors (Lipinski definition) is 4. The van der Waals surface area contributed by atoms with Crippen LogP contribution in [0.3, 0.4) is 0 Å². The van der Waals surface area contributed by atoms with Crippen LogP contribution < -0.4 is 5.56 Å². The number of sulfonamides is 1. The Morgan fingerprint density at radius 3 is 2.44 bits per heavy atom. The molecule has 0 saturated carbocycles. The average Bonchev–Trinajstić information content (AvgIpc) is 2.92. The van der Waals surface area contributed by atoms with Gasteiger partial charge in [-0.3, -0.25) is 9.36 Å². The van der Waals surface area contributed by atoms with E-state index in [0.717, 1.165) is 33.3 Å². The Morgan fingerprint density at radius 1 is 1.07 bits per heavy atom. The number of carboxylic acid groups (broad SMARTS) is 1. The van der Waals surface area contributed by atoms with Gasteiger partial charge >= 0.3 is 12.1 Å². The van der Waals surface area contributed by atoms with E-state index in [1.165, 1.54) is 6.07 Å². The van der Waals surface area contributed by atoms with Crippen LogP contribution in [-0.4, -0.2) is 41.5 Å². The summed E-state index contributed by atoms with van der Waals surface area (Å²) in [6.07, 6.45) is -4.51. The summed E-state index contributed by atoms with van der Waals surface area (Å²) in [7, 11) is -4.54. The first-order valence-corrected chi connectivity index (χ1v) is 14.5. The number of carboxylic acids is 1. The molecule has 12 heteroatoms. The summed E-state index contributed by atoms with van der Waals surface area (Å²) in [4.78, 5) is 26.0. The molecule has 0 fully saturated rings. The SMILES string of the molecule is CCCN1CC(C(=O)O)n2c(c(-c3cccc(C(F)(F)F)c3)c(Cc3cccc4ccccc34)c(Cl)c2=O)S1(=O)=O. The van der Waals surface area contributed by atoms with Crippen LogP contribution in [0.4, 0.5) is 13.2 Å². The molecule has 214 valence electrons. The molecule has 7 nitrogen and oxygen atoms in total. The van der Waals surface area contributed by atoms with Crippen molar-refractivity contribution in [3.63, 3.8) is 0 Å². The Kier molecular flexibility index (Phi) is 7.47. The van der Waals surface area contributed by atoms with E-state index < -0.39 is 55.9 Å². The molecular weight excluding hydrogens is 581 g/mol. The van der Waals surface area contributed by atoms with Gasteiger partial charge in [0.1, 0.15) is 11.1 Å². The van der Waals surface area contributed by atoms with Crippen LogP contribution in [0.1, 0.15) is 36.1 Å². The maximum Gasteiger partial charge on any atom is 0.416 e. The second-order valence-corrected chi connectivity index (χ2v) is 12.0. The first-order valence-electron chi connectivity index (χ1n) is 12.7. The summed E-state index contributed by atoms with van der Waals surface area (Å²) in [6, 6.07) is 15.1. The molecule has 41 heavy (non-hydrogen) atoms. The Morgan fingerprint density at radius 2 is 1.76 bits per heavy atom. The minimum Gasteiger partial charge on any atom is -0.480 e. The molecule has 0 spiro atoms. The topological polar surface area (TPSA) is 96.7 Å². The third-order valence-electron chi connectivity index (χ3n) is 7.16. The van der Waals surface area contributed by atoms with Crippen molar-refractivity contribution >= 4 is 38.4 Å². The van der Waals surface area contributed by atoms with Crippen molar-refractivity contribution in [3.8, 4) is 11.1 Å². The highest BCUT2D eigenvalue weighted by Crippen LogP contribution is 2.42. The van der Waals surface area contributed by atoms with Crippen LogP contribution in [0.25, 0.3) is 21.9 Å². The van der Waals surface area contributed by atoms with Gasteiger partial charge in [0.25, 0.3) is 15.6 Å². The van der Waals surface area contributed by atoms with Gasteiger partial charge in [-0.25, -0.2) is 13.2 Å². The molecule has 0 aliphatic carbocycles. The first kappa shape index (κ1) is 28.8. The number of hydrogen-bond donors (Lipinski definition) is 1. The minimum atomic E-state index is -4.75. The molecular formula is C29H24ClF3N2O5S. The van der Waals surface area contributed by atoms with Crippen LogP contribution in [-0.2, 0) is 27.4 Å². The number of rotatable bonds is 6. The molecule has 0 bridgehead atoms. The van der Waals surface area contributed by atoms with Crippen molar-refractivity contribution in [2.75, 3.05) is 13.1 Å². The maximum absolute atomic E-state index is 14.0. The molecule has 1 unspecified atom stereocenters. The highest BCUT2D eigenvalue weighted by molar-refractivity contribution is 7.89. The van der Waals surface area contributed by atoms with E-state index in [0.29, 0.717) is 16.6 Å². The molecule has 3 aromatic carbocycles. The summed E-state index contributed by atoms with van der Waals surface area (Å²) in [6.45, 7) is 1.12. The number of alkyl halides is 3. The molecule has 1 aromatic heterocycles. The number of pyridine rings is 1. The summed E-state index contributed by atoms with van der Waals surface area (Å²) in [5.41, 5.74) is -1.84. The normalized spacial score (nSPS) is 17.0. The van der Waals surface area contributed by atoms with Crippen molar-refractivity contribution in [1.29, 1.82) is 0 Å². The number of fused-ring (bicyclic) bond motifs is 2. The molecule has 1 atom stereocenters. The number of benzene rings is 3. The molecule has 4 aromatic rings. The lowest BCUT2D eigenvalue weighted by Gasteiger charge is -2.35. The monoisotopic (exact) mass is 604 g/mol. The molecule has 0 saturated heterocycles. The number of aromatic nitrogens is 1. The lowest BCUT2D eigenvalue weighted by atomic mass is 9.92. The van der Waals surface area contributed by atoms with Crippen LogP contribution in [0.15, 0.2) is 76.6 Å². The largest absolute Gasteiger partial charge is 0.480 e. The van der Waals surface area contributed by atoms with Gasteiger partial charge in [-0.15, -0.1) is 0 Å². The molecule has 2 heterocycles. The fourth-order valence-corrected chi connectivity index (χ4v) is 7.53. The van der Waals surface area contributed by atoms with Gasteiger partial charge in [-0.2, -0.15) is 17.5 Å². The summed E-state index contributed by atoms with van der Waals surface area (Å²) in [5.74, 6) is -1.47. The minimum absolute atomic E-state index is 0.00958. The van der Waals surface area contributed by atoms with Crippen molar-refractivity contribution < 1.29 is 31.5 Å². The molecule has 0 amide bonds. The first-order chi connectivity index (χ1) is 19.4. The second kappa shape index (κ2) is 10.6. The van der Waals surface area contributed by atoms with Gasteiger partial charge in [0, 0.05) is 25.1 Å². The van der Waals surface area contributed by atoms with Crippen LogP contribution in [0.2, 0.25) is 5.02 Å². The lowest BCUT2D eigenvalue weighted by Crippen LogP contribution is -2.50. The van der Waals surface area contributed by atoms with Crippen molar-refractivity contribution in [2.24, 2.45) is 0 Å². The zero-order valence-electron chi connectivity index (χ0n) is 21.7. The number of halogens is 4. The van der Waals surface area contributed by atoms with Crippen LogP contribution in [0, 0.1) is 0 Å². The number of nitrogens with zero attached hydrogens (tertiary/aromatic N) is 2. The van der Waals surface area contributed by atoms with E-state index in [9.17, 15) is 36.3 Å². The molecule has 1 aliphatic heterocycles. The molecule has 1 aliphatic rings. The summed E-state index contributed by atoms with van der Waals surface area (Å²) >= 11 is 6.62. The fraction of sp³-hybridized carbons (Fsp3) is 0.241. The van der Waals surface area contributed by atoms with E-state index in [-0.39, 0.29) is 29.7 Å². The van der Waals surface area contributed by atoms with Crippen molar-refractivity contribution in [2.45, 2.75) is 37.0 Å². The van der Waals surface area contributed by atoms with E-state index >= 15 is 0 Å². The van der Waals surface area contributed by atoms with Crippen molar-refractivity contribution in [1.82, 2.24) is 8.87 Å². The highest BCUT2D eigenvalue weighted by atomic mass is 35.5. The van der Waals surface area contributed by atoms with Crippen LogP contribution in [0.5, 0.6) is 0 Å². The van der Waals surface area contributed by atoms with E-state index in [1.54, 1.807) is 25.1 Å². The Hall–Kier alpha value is -3.67. The van der Waals surface area contributed by atoms with Gasteiger partial charge in [0.15, 0.2) is 5.03 Å². The Balaban J connectivity index is 1.92. The summed E-state index contributed by atoms with van der Waals surface area (Å²) in [5, 5.41) is 10.5. The third kappa shape index (κ3) is 5.02. The summed E-state index contributed by atoms with van der Waals surface area (Å²) < 4.78 is 71.0. The van der Waals surface area contributed by atoms with E-state index in [2.05, 4.69) is 0 Å². The van der Waals surface area contributed by atoms with E-state index in [1.807, 2.05) is 24.3 Å². The molecule has 0 radical (unpaired) electrons. The number of aliphatic carboxylic acids is 1. The Labute approximate surface area is 238 Å². The third-order valence-corrected chi connectivity index (χ3v) is 9.45. The quantitative estimate of drug-likeness (QED) is 0.292. The molecule has 1 N–H and O–H groups in total. The highest BCUT2D eigenvalue weighted by Gasteiger charge is 2.44. The van der Waals surface area contributed by atoms with Crippen LogP contribution >= 0.6 is 11.6 Å². The van der Waals surface area contributed by atoms with Gasteiger partial charge in [-0.1, -0.05) is 73.1 Å². The van der Waals surface area contributed by atoms with Crippen molar-refractivity contribution in [3.05, 3.63) is 98.8 Å². The smallest absolute Gasteiger partial charge is 0.416 e. The number of carbonyl (C=O) groups is 1. The zero-order chi connectivity index (χ0) is 29.7. The zero-order valence-corrected chi connectivity index (χ0v) is 23.2. The van der Waals surface area contributed by atoms with Gasteiger partial charge in [0.05, 0.1) is 5.56 Å². The predicted octanol–water partition coefficient (Wildman–Crippen LogP) is 5.97. The van der Waals surface area contributed by atoms with Gasteiger partial charge in [0.2, 0.25) is 0 Å². The average molecular weight is 605 g/mol. The van der Waals surface area contributed by atoms with Gasteiger partial charge < -0.3 is 5.11 Å². The van der Waals surface area contributed by atoms with E-state index in [4.69, 9.17) is 11.6 Å². The Bertz CT molecular complexity index is 1850. The van der Waals surface area contributed by atoms with Gasteiger partial charge in [-0.05, 0) is 46.0 Å². The standard InChI is InChI=1S/C29H24ClF3N2O5S/c1-2-13-34-16-23(28(37)38)35-26(36)25(30)22(15-18-9-5-8-17-7-3-4-12-21(17)18)24(27(35)41(34,39)40)19-10-6-11-20(14-19)29(31,32)33/h3-12,14,23H,2,13,15-16H2,1H3,(H,37,38). The second-order valence-electron chi connectivity index (χ2n) is 9.76. The molecule has 5 rings (SSSR count).